The fraction of sp³-hybridized carbons (Fsp3) is 0.241. The van der Waals surface area contributed by atoms with Crippen LogP contribution < -0.4 is 0 Å². The average molecular weight is 602 g/mol. The van der Waals surface area contributed by atoms with Crippen LogP contribution in [0.15, 0.2) is 73.1 Å². The van der Waals surface area contributed by atoms with E-state index in [2.05, 4.69) is 9.97 Å². The first kappa shape index (κ1) is 29.0. The van der Waals surface area contributed by atoms with E-state index in [-0.39, 0.29) is 40.7 Å². The van der Waals surface area contributed by atoms with Crippen LogP contribution in [0, 0.1) is 5.82 Å². The van der Waals surface area contributed by atoms with E-state index in [4.69, 9.17) is 27.9 Å². The smallest absolute Gasteiger partial charge is 0.257 e. The summed E-state index contributed by atoms with van der Waals surface area (Å²) >= 11 is 12.0. The molecule has 0 bridgehead atoms. The number of carbonyl (C=O) groups is 2. The molecule has 0 spiro atoms. The lowest BCUT2D eigenvalue weighted by atomic mass is 9.77. The summed E-state index contributed by atoms with van der Waals surface area (Å²) in [6, 6.07) is 8.27. The summed E-state index contributed by atoms with van der Waals surface area (Å²) < 4.78 is 38.4. The van der Waals surface area contributed by atoms with Crippen LogP contribution >= 0.6 is 23.2 Å². The van der Waals surface area contributed by atoms with Gasteiger partial charge in [-0.05, 0) is 61.1 Å². The molecular formula is C29H23Cl2F2N3O5. The van der Waals surface area contributed by atoms with Crippen molar-refractivity contribution < 1.29 is 33.3 Å². The van der Waals surface area contributed by atoms with Gasteiger partial charge in [0.1, 0.15) is 17.2 Å². The van der Waals surface area contributed by atoms with E-state index in [0.717, 1.165) is 37.3 Å². The molecule has 2 atom stereocenters. The number of amides is 1. The number of ketones is 1. The molecule has 1 aromatic heterocycles. The quantitative estimate of drug-likeness (QED) is 0.393. The number of aliphatic hydroxyl groups excluding tert-OH is 1. The molecule has 0 fully saturated rings. The number of allylic oxidation sites excluding steroid dienone is 2. The zero-order valence-corrected chi connectivity index (χ0v) is 23.0. The summed E-state index contributed by atoms with van der Waals surface area (Å²) in [6.45, 7) is 0.0837. The van der Waals surface area contributed by atoms with E-state index < -0.39 is 41.1 Å². The summed E-state index contributed by atoms with van der Waals surface area (Å²) in [5, 5.41) is 21.7. The Morgan fingerprint density at radius 3 is 2.29 bits per heavy atom. The fourth-order valence-corrected chi connectivity index (χ4v) is 5.26. The van der Waals surface area contributed by atoms with Gasteiger partial charge in [0.2, 0.25) is 0 Å². The first-order valence-corrected chi connectivity index (χ1v) is 13.2. The molecule has 2 N–H and O–H groups in total. The van der Waals surface area contributed by atoms with Crippen molar-refractivity contribution in [1.82, 2.24) is 14.9 Å². The Morgan fingerprint density at radius 1 is 1.05 bits per heavy atom. The molecule has 2 heterocycles. The third-order valence-electron chi connectivity index (χ3n) is 7.18. The van der Waals surface area contributed by atoms with Crippen LogP contribution in [0.25, 0.3) is 0 Å². The van der Waals surface area contributed by atoms with Crippen LogP contribution in [0.2, 0.25) is 10.0 Å². The Labute approximate surface area is 243 Å². The molecule has 1 unspecified atom stereocenters. The van der Waals surface area contributed by atoms with Gasteiger partial charge in [-0.3, -0.25) is 14.5 Å². The van der Waals surface area contributed by atoms with Crippen LogP contribution in [0.3, 0.4) is 0 Å². The monoisotopic (exact) mass is 601 g/mol. The fourth-order valence-electron chi connectivity index (χ4n) is 5.04. The minimum Gasteiger partial charge on any atom is -0.394 e. The zero-order chi connectivity index (χ0) is 29.6. The molecule has 2 aromatic carbocycles. The predicted molar refractivity (Wildman–Crippen MR) is 145 cm³/mol. The van der Waals surface area contributed by atoms with Gasteiger partial charge >= 0.3 is 0 Å². The van der Waals surface area contributed by atoms with Gasteiger partial charge in [-0.1, -0.05) is 35.3 Å². The third kappa shape index (κ3) is 4.85. The van der Waals surface area contributed by atoms with Gasteiger partial charge < -0.3 is 14.9 Å². The van der Waals surface area contributed by atoms with Gasteiger partial charge in [0.25, 0.3) is 5.91 Å². The molecule has 1 amide bonds. The van der Waals surface area contributed by atoms with Crippen molar-refractivity contribution in [2.75, 3.05) is 13.2 Å². The number of rotatable bonds is 8. The molecule has 12 heteroatoms. The number of hydrogen-bond acceptors (Lipinski definition) is 7. The van der Waals surface area contributed by atoms with Crippen molar-refractivity contribution in [1.29, 1.82) is 0 Å². The van der Waals surface area contributed by atoms with E-state index in [1.165, 1.54) is 35.5 Å². The molecular weight excluding hydrogens is 579 g/mol. The molecule has 41 heavy (non-hydrogen) atoms. The standard InChI is InChI=1S/C29H23Cl2F2N3O5/c1-27(40,28(33)8-6-21(38)7-9-28)18-12-22-25(23(32)13-18)29(41-11-10-37,17-2-4-19(30)5-3-17)36(26(22)39)16-24-34-14-20(31)15-35-24/h2-9,12-15,37,40H,10-11,16H2,1H3/t27?,29-/m1/s1. The number of fused-ring (bicyclic) bond motifs is 1. The number of aliphatic hydroxyl groups is 2. The molecule has 2 aliphatic rings. The van der Waals surface area contributed by atoms with Crippen molar-refractivity contribution in [2.24, 2.45) is 0 Å². The first-order valence-electron chi connectivity index (χ1n) is 12.4. The Bertz CT molecular complexity index is 1560. The lowest BCUT2D eigenvalue weighted by molar-refractivity contribution is -0.121. The number of benzene rings is 2. The van der Waals surface area contributed by atoms with E-state index >= 15 is 8.78 Å². The van der Waals surface area contributed by atoms with Gasteiger partial charge in [-0.15, -0.1) is 0 Å². The summed E-state index contributed by atoms with van der Waals surface area (Å²) in [5.41, 5.74) is -7.30. The largest absolute Gasteiger partial charge is 0.394 e. The number of nitrogens with zero attached hydrogens (tertiary/aromatic N) is 3. The maximum absolute atomic E-state index is 16.3. The number of aromatic nitrogens is 2. The predicted octanol–water partition coefficient (Wildman–Crippen LogP) is 4.40. The Kier molecular flexibility index (Phi) is 7.56. The van der Waals surface area contributed by atoms with Crippen LogP contribution in [-0.4, -0.2) is 55.7 Å². The molecule has 0 radical (unpaired) electrons. The zero-order valence-electron chi connectivity index (χ0n) is 21.5. The van der Waals surface area contributed by atoms with Gasteiger partial charge in [-0.2, -0.15) is 0 Å². The molecule has 5 rings (SSSR count). The molecule has 3 aromatic rings. The first-order chi connectivity index (χ1) is 19.4. The summed E-state index contributed by atoms with van der Waals surface area (Å²) in [7, 11) is 0. The van der Waals surface area contributed by atoms with Crippen LogP contribution in [0.5, 0.6) is 0 Å². The molecule has 0 saturated heterocycles. The van der Waals surface area contributed by atoms with Crippen LogP contribution in [-0.2, 0) is 27.4 Å². The van der Waals surface area contributed by atoms with Crippen molar-refractivity contribution in [3.63, 3.8) is 0 Å². The van der Waals surface area contributed by atoms with Gasteiger partial charge in [0, 0.05) is 23.0 Å². The van der Waals surface area contributed by atoms with Crippen molar-refractivity contribution in [3.8, 4) is 0 Å². The topological polar surface area (TPSA) is 113 Å². The normalized spacial score (nSPS) is 20.8. The molecule has 1 aliphatic carbocycles. The highest BCUT2D eigenvalue weighted by Crippen LogP contribution is 2.49. The number of ether oxygens (including phenoxy) is 1. The number of alkyl halides is 1. The Morgan fingerprint density at radius 2 is 1.68 bits per heavy atom. The van der Waals surface area contributed by atoms with Crippen LogP contribution in [0.1, 0.15) is 39.8 Å². The number of halogens is 4. The summed E-state index contributed by atoms with van der Waals surface area (Å²) in [5.74, 6) is -2.04. The highest BCUT2D eigenvalue weighted by Gasteiger charge is 2.56. The molecule has 8 nitrogen and oxygen atoms in total. The highest BCUT2D eigenvalue weighted by molar-refractivity contribution is 6.30. The maximum atomic E-state index is 16.3. The number of hydrogen-bond donors (Lipinski definition) is 2. The van der Waals surface area contributed by atoms with Crippen LogP contribution in [0.4, 0.5) is 8.78 Å². The SMILES string of the molecule is CC(O)(c1cc(F)c2c(c1)C(=O)N(Cc1ncc(Cl)cn1)[C@@]2(OCCO)c1ccc(Cl)cc1)C1(F)C=CC(=O)C=C1. The third-order valence-corrected chi connectivity index (χ3v) is 7.63. The summed E-state index contributed by atoms with van der Waals surface area (Å²) in [6.07, 6.45) is 6.37. The van der Waals surface area contributed by atoms with Gasteiger partial charge in [0.15, 0.2) is 17.2 Å². The van der Waals surface area contributed by atoms with E-state index in [0.29, 0.717) is 10.6 Å². The lowest BCUT2D eigenvalue weighted by Gasteiger charge is -2.39. The molecule has 0 saturated carbocycles. The molecule has 1 aliphatic heterocycles. The second-order valence-corrected chi connectivity index (χ2v) is 10.6. The lowest BCUT2D eigenvalue weighted by Crippen LogP contribution is -2.47. The number of carbonyl (C=O) groups excluding carboxylic acids is 2. The Hall–Kier alpha value is -3.54. The minimum absolute atomic E-state index is 0.152. The second kappa shape index (κ2) is 10.7. The van der Waals surface area contributed by atoms with Crippen molar-refractivity contribution in [3.05, 3.63) is 117 Å². The van der Waals surface area contributed by atoms with E-state index in [1.807, 2.05) is 0 Å². The summed E-state index contributed by atoms with van der Waals surface area (Å²) in [4.78, 5) is 35.2. The van der Waals surface area contributed by atoms with Gasteiger partial charge in [0.05, 0.1) is 35.9 Å². The maximum Gasteiger partial charge on any atom is 0.257 e. The van der Waals surface area contributed by atoms with E-state index in [1.54, 1.807) is 12.1 Å². The van der Waals surface area contributed by atoms with Crippen molar-refractivity contribution >= 4 is 34.9 Å². The van der Waals surface area contributed by atoms with Gasteiger partial charge in [-0.25, -0.2) is 18.7 Å². The second-order valence-electron chi connectivity index (χ2n) is 9.72. The van der Waals surface area contributed by atoms with E-state index in [9.17, 15) is 19.8 Å². The minimum atomic E-state index is -2.58. The average Bonchev–Trinajstić information content (AvgIpc) is 3.19. The molecule has 212 valence electrons. The Balaban J connectivity index is 1.73. The highest BCUT2D eigenvalue weighted by atomic mass is 35.5. The van der Waals surface area contributed by atoms with Crippen molar-refractivity contribution in [2.45, 2.75) is 30.5 Å².